The maximum Gasteiger partial charge on any atom is 0.229 e. The average Bonchev–Trinajstić information content (AvgIpc) is 3.48. The van der Waals surface area contributed by atoms with Crippen LogP contribution in [0.5, 0.6) is 0 Å². The van der Waals surface area contributed by atoms with Crippen molar-refractivity contribution in [2.75, 3.05) is 23.8 Å². The SMILES string of the molecule is C=C/C=C(\C)n1ccc2nc(Nc3cnn(C4CCOCC4)c3)nc(NC3CCCCC3)c21. The molecule has 0 atom stereocenters. The summed E-state index contributed by atoms with van der Waals surface area (Å²) in [6, 6.07) is 2.86. The standard InChI is InChI=1S/C25H33N7O/c1-3-7-18(2)31-13-10-22-23(31)24(27-19-8-5-4-6-9-19)30-25(29-22)28-20-16-26-32(17-20)21-11-14-33-15-12-21/h3,7,10,13,16-17,19,21H,1,4-6,8-9,11-12,14-15H2,2H3,(H2,27,28,29,30)/b18-7+. The van der Waals surface area contributed by atoms with Crippen LogP contribution in [0.2, 0.25) is 0 Å². The van der Waals surface area contributed by atoms with Gasteiger partial charge in [0.05, 0.1) is 23.4 Å². The molecule has 1 aliphatic heterocycles. The Balaban J connectivity index is 1.46. The topological polar surface area (TPSA) is 81.8 Å². The molecule has 1 saturated carbocycles. The van der Waals surface area contributed by atoms with Gasteiger partial charge in [0, 0.05) is 37.3 Å². The molecule has 33 heavy (non-hydrogen) atoms. The Hall–Kier alpha value is -3.13. The van der Waals surface area contributed by atoms with Crippen LogP contribution in [0, 0.1) is 0 Å². The van der Waals surface area contributed by atoms with Gasteiger partial charge in [0.2, 0.25) is 5.95 Å². The van der Waals surface area contributed by atoms with E-state index in [0.717, 1.165) is 54.3 Å². The molecule has 0 radical (unpaired) electrons. The molecule has 3 aromatic rings. The summed E-state index contributed by atoms with van der Waals surface area (Å²) in [6.45, 7) is 7.50. The van der Waals surface area contributed by atoms with E-state index >= 15 is 0 Å². The van der Waals surface area contributed by atoms with Gasteiger partial charge in [0.15, 0.2) is 5.82 Å². The van der Waals surface area contributed by atoms with Gasteiger partial charge in [-0.3, -0.25) is 4.68 Å². The minimum atomic E-state index is 0.384. The molecule has 1 aliphatic carbocycles. The van der Waals surface area contributed by atoms with Crippen molar-refractivity contribution in [1.82, 2.24) is 24.3 Å². The Morgan fingerprint density at radius 3 is 2.76 bits per heavy atom. The Labute approximate surface area is 194 Å². The second-order valence-electron chi connectivity index (χ2n) is 9.02. The fourth-order valence-corrected chi connectivity index (χ4v) is 4.87. The molecule has 1 saturated heterocycles. The summed E-state index contributed by atoms with van der Waals surface area (Å²) in [5, 5.41) is 11.7. The van der Waals surface area contributed by atoms with Gasteiger partial charge in [-0.1, -0.05) is 31.9 Å². The van der Waals surface area contributed by atoms with Crippen LogP contribution in [-0.2, 0) is 4.74 Å². The van der Waals surface area contributed by atoms with Crippen molar-refractivity contribution < 1.29 is 4.74 Å². The molecular weight excluding hydrogens is 414 g/mol. The minimum Gasteiger partial charge on any atom is -0.381 e. The normalized spacial score (nSPS) is 18.5. The highest BCUT2D eigenvalue weighted by molar-refractivity contribution is 5.90. The van der Waals surface area contributed by atoms with Crippen molar-refractivity contribution in [3.63, 3.8) is 0 Å². The second-order valence-corrected chi connectivity index (χ2v) is 9.02. The molecule has 5 rings (SSSR count). The fourth-order valence-electron chi connectivity index (χ4n) is 4.87. The summed E-state index contributed by atoms with van der Waals surface area (Å²) in [7, 11) is 0. The molecule has 8 heteroatoms. The van der Waals surface area contributed by atoms with E-state index in [1.165, 1.54) is 32.1 Å². The van der Waals surface area contributed by atoms with Gasteiger partial charge < -0.3 is 19.9 Å². The summed E-state index contributed by atoms with van der Waals surface area (Å²) >= 11 is 0. The molecule has 4 heterocycles. The van der Waals surface area contributed by atoms with Gasteiger partial charge in [0.25, 0.3) is 0 Å². The van der Waals surface area contributed by atoms with E-state index in [1.54, 1.807) is 0 Å². The first-order chi connectivity index (χ1) is 16.2. The lowest BCUT2D eigenvalue weighted by molar-refractivity contribution is 0.0662. The lowest BCUT2D eigenvalue weighted by Gasteiger charge is -2.24. The first-order valence-corrected chi connectivity index (χ1v) is 12.1. The van der Waals surface area contributed by atoms with Crippen LogP contribution in [0.3, 0.4) is 0 Å². The fraction of sp³-hybridized carbons (Fsp3) is 0.480. The lowest BCUT2D eigenvalue weighted by Crippen LogP contribution is -2.23. The van der Waals surface area contributed by atoms with Gasteiger partial charge in [-0.2, -0.15) is 10.1 Å². The number of rotatable bonds is 7. The molecule has 8 nitrogen and oxygen atoms in total. The third kappa shape index (κ3) is 4.80. The number of aromatic nitrogens is 5. The van der Waals surface area contributed by atoms with Crippen LogP contribution in [0.15, 0.2) is 43.4 Å². The van der Waals surface area contributed by atoms with Gasteiger partial charge in [-0.15, -0.1) is 0 Å². The van der Waals surface area contributed by atoms with Crippen molar-refractivity contribution in [3.8, 4) is 0 Å². The maximum atomic E-state index is 5.48. The molecule has 2 aliphatic rings. The van der Waals surface area contributed by atoms with Gasteiger partial charge in [-0.05, 0) is 44.7 Å². The van der Waals surface area contributed by atoms with E-state index in [-0.39, 0.29) is 0 Å². The highest BCUT2D eigenvalue weighted by Crippen LogP contribution is 2.30. The summed E-state index contributed by atoms with van der Waals surface area (Å²) in [6.07, 6.45) is 17.9. The van der Waals surface area contributed by atoms with Gasteiger partial charge >= 0.3 is 0 Å². The third-order valence-corrected chi connectivity index (χ3v) is 6.64. The van der Waals surface area contributed by atoms with E-state index in [2.05, 4.69) is 33.8 Å². The van der Waals surface area contributed by atoms with Crippen LogP contribution in [0.25, 0.3) is 16.7 Å². The van der Waals surface area contributed by atoms with E-state index in [4.69, 9.17) is 14.7 Å². The van der Waals surface area contributed by atoms with E-state index < -0.39 is 0 Å². The number of hydrogen-bond acceptors (Lipinski definition) is 6. The smallest absolute Gasteiger partial charge is 0.229 e. The van der Waals surface area contributed by atoms with Crippen LogP contribution >= 0.6 is 0 Å². The third-order valence-electron chi connectivity index (χ3n) is 6.64. The average molecular weight is 448 g/mol. The molecule has 0 unspecified atom stereocenters. The monoisotopic (exact) mass is 447 g/mol. The minimum absolute atomic E-state index is 0.384. The number of fused-ring (bicyclic) bond motifs is 1. The van der Waals surface area contributed by atoms with Crippen molar-refractivity contribution in [1.29, 1.82) is 0 Å². The van der Waals surface area contributed by atoms with Crippen LogP contribution in [-0.4, -0.2) is 43.6 Å². The van der Waals surface area contributed by atoms with Crippen molar-refractivity contribution in [2.24, 2.45) is 0 Å². The Bertz CT molecular complexity index is 1130. The van der Waals surface area contributed by atoms with Crippen molar-refractivity contribution in [3.05, 3.63) is 43.4 Å². The Kier molecular flexibility index (Phi) is 6.44. The predicted molar refractivity (Wildman–Crippen MR) is 133 cm³/mol. The number of nitrogens with one attached hydrogen (secondary N) is 2. The molecule has 0 spiro atoms. The van der Waals surface area contributed by atoms with E-state index in [0.29, 0.717) is 18.0 Å². The van der Waals surface area contributed by atoms with E-state index in [1.807, 2.05) is 41.5 Å². The molecule has 0 aromatic carbocycles. The zero-order valence-electron chi connectivity index (χ0n) is 19.3. The number of allylic oxidation sites excluding steroid dienone is 3. The predicted octanol–water partition coefficient (Wildman–Crippen LogP) is 5.51. The largest absolute Gasteiger partial charge is 0.381 e. The van der Waals surface area contributed by atoms with Crippen molar-refractivity contribution >= 4 is 34.2 Å². The highest BCUT2D eigenvalue weighted by Gasteiger charge is 2.20. The Morgan fingerprint density at radius 2 is 1.97 bits per heavy atom. The van der Waals surface area contributed by atoms with Crippen LogP contribution in [0.1, 0.15) is 57.9 Å². The Morgan fingerprint density at radius 1 is 1.15 bits per heavy atom. The highest BCUT2D eigenvalue weighted by atomic mass is 16.5. The summed E-state index contributed by atoms with van der Waals surface area (Å²) in [5.41, 5.74) is 3.87. The van der Waals surface area contributed by atoms with Crippen molar-refractivity contribution in [2.45, 2.75) is 64.0 Å². The van der Waals surface area contributed by atoms with Crippen LogP contribution < -0.4 is 10.6 Å². The molecule has 0 amide bonds. The summed E-state index contributed by atoms with van der Waals surface area (Å²) in [5.74, 6) is 1.45. The second kappa shape index (κ2) is 9.79. The van der Waals surface area contributed by atoms with E-state index in [9.17, 15) is 0 Å². The first-order valence-electron chi connectivity index (χ1n) is 12.1. The lowest BCUT2D eigenvalue weighted by atomic mass is 9.95. The molecule has 3 aromatic heterocycles. The molecule has 0 bridgehead atoms. The molecular formula is C25H33N7O. The molecule has 174 valence electrons. The molecule has 2 fully saturated rings. The number of anilines is 3. The summed E-state index contributed by atoms with van der Waals surface area (Å²) < 4.78 is 9.65. The maximum absolute atomic E-state index is 5.48. The summed E-state index contributed by atoms with van der Waals surface area (Å²) in [4.78, 5) is 9.74. The van der Waals surface area contributed by atoms with Gasteiger partial charge in [-0.25, -0.2) is 4.98 Å². The zero-order valence-corrected chi connectivity index (χ0v) is 19.3. The first kappa shape index (κ1) is 21.7. The van der Waals surface area contributed by atoms with Gasteiger partial charge in [0.1, 0.15) is 5.52 Å². The zero-order chi connectivity index (χ0) is 22.6. The molecule has 2 N–H and O–H groups in total. The van der Waals surface area contributed by atoms with Crippen LogP contribution in [0.4, 0.5) is 17.5 Å². The number of nitrogens with zero attached hydrogens (tertiary/aromatic N) is 5. The quantitative estimate of drug-likeness (QED) is 0.465. The number of hydrogen-bond donors (Lipinski definition) is 2. The number of ether oxygens (including phenoxy) is 1.